The SMILES string of the molecule is CC(=O)N1CCN(c2ccc(-c3cc(OCc4cccnc4)cn4ncc(C#N)c34)cn2)CC1. The third-order valence-corrected chi connectivity index (χ3v) is 5.94. The molecule has 4 aromatic heterocycles. The van der Waals surface area contributed by atoms with Crippen LogP contribution >= 0.6 is 0 Å². The van der Waals surface area contributed by atoms with Crippen LogP contribution in [0.4, 0.5) is 5.82 Å². The van der Waals surface area contributed by atoms with Crippen molar-refractivity contribution in [1.29, 1.82) is 5.26 Å². The molecule has 5 heterocycles. The Labute approximate surface area is 196 Å². The Bertz CT molecular complexity index is 1350. The van der Waals surface area contributed by atoms with Crippen LogP contribution in [0.3, 0.4) is 0 Å². The van der Waals surface area contributed by atoms with Gasteiger partial charge in [0.2, 0.25) is 5.91 Å². The average molecular weight is 454 g/mol. The highest BCUT2D eigenvalue weighted by Crippen LogP contribution is 2.31. The molecule has 5 rings (SSSR count). The second-order valence-electron chi connectivity index (χ2n) is 8.10. The van der Waals surface area contributed by atoms with Crippen molar-refractivity contribution in [3.05, 3.63) is 72.4 Å². The number of fused-ring (bicyclic) bond motifs is 1. The van der Waals surface area contributed by atoms with Crippen LogP contribution in [0.5, 0.6) is 5.75 Å². The van der Waals surface area contributed by atoms with Crippen LogP contribution in [-0.2, 0) is 11.4 Å². The van der Waals surface area contributed by atoms with Crippen LogP contribution < -0.4 is 9.64 Å². The zero-order chi connectivity index (χ0) is 23.5. The molecule has 9 heteroatoms. The molecule has 0 aromatic carbocycles. The second-order valence-corrected chi connectivity index (χ2v) is 8.10. The first kappa shape index (κ1) is 21.4. The zero-order valence-electron chi connectivity index (χ0n) is 18.8. The Morgan fingerprint density at radius 3 is 2.68 bits per heavy atom. The van der Waals surface area contributed by atoms with Gasteiger partial charge in [0, 0.05) is 68.4 Å². The van der Waals surface area contributed by atoms with E-state index >= 15 is 0 Å². The summed E-state index contributed by atoms with van der Waals surface area (Å²) in [7, 11) is 0. The fraction of sp³-hybridized carbons (Fsp3) is 0.240. The summed E-state index contributed by atoms with van der Waals surface area (Å²) in [6.07, 6.45) is 8.62. The predicted octanol–water partition coefficient (Wildman–Crippen LogP) is 2.91. The van der Waals surface area contributed by atoms with Gasteiger partial charge in [-0.05, 0) is 24.3 Å². The fourth-order valence-corrected chi connectivity index (χ4v) is 4.11. The van der Waals surface area contributed by atoms with Crippen LogP contribution in [0, 0.1) is 11.3 Å². The fourth-order valence-electron chi connectivity index (χ4n) is 4.11. The summed E-state index contributed by atoms with van der Waals surface area (Å²) in [4.78, 5) is 24.4. The lowest BCUT2D eigenvalue weighted by Crippen LogP contribution is -2.48. The van der Waals surface area contributed by atoms with E-state index < -0.39 is 0 Å². The first-order chi connectivity index (χ1) is 16.6. The lowest BCUT2D eigenvalue weighted by Gasteiger charge is -2.34. The maximum Gasteiger partial charge on any atom is 0.219 e. The molecule has 0 atom stereocenters. The van der Waals surface area contributed by atoms with Gasteiger partial charge in [-0.25, -0.2) is 9.50 Å². The minimum Gasteiger partial charge on any atom is -0.487 e. The van der Waals surface area contributed by atoms with E-state index in [1.165, 1.54) is 0 Å². The Morgan fingerprint density at radius 1 is 1.15 bits per heavy atom. The van der Waals surface area contributed by atoms with Crippen LogP contribution in [0.2, 0.25) is 0 Å². The van der Waals surface area contributed by atoms with E-state index in [1.807, 2.05) is 35.2 Å². The van der Waals surface area contributed by atoms with E-state index in [-0.39, 0.29) is 5.91 Å². The van der Waals surface area contributed by atoms with Crippen molar-refractivity contribution in [2.24, 2.45) is 0 Å². The highest BCUT2D eigenvalue weighted by Gasteiger charge is 2.20. The Kier molecular flexibility index (Phi) is 5.79. The predicted molar refractivity (Wildman–Crippen MR) is 126 cm³/mol. The number of piperazine rings is 1. The van der Waals surface area contributed by atoms with Gasteiger partial charge in [-0.2, -0.15) is 10.4 Å². The van der Waals surface area contributed by atoms with Gasteiger partial charge in [-0.1, -0.05) is 6.07 Å². The molecule has 4 aromatic rings. The Morgan fingerprint density at radius 2 is 2.00 bits per heavy atom. The maximum atomic E-state index is 11.6. The molecule has 0 bridgehead atoms. The van der Waals surface area contributed by atoms with Crippen molar-refractivity contribution in [3.63, 3.8) is 0 Å². The van der Waals surface area contributed by atoms with Gasteiger partial charge in [-0.3, -0.25) is 9.78 Å². The van der Waals surface area contributed by atoms with Crippen LogP contribution in [0.1, 0.15) is 18.1 Å². The van der Waals surface area contributed by atoms with Crippen molar-refractivity contribution in [2.75, 3.05) is 31.1 Å². The number of aromatic nitrogens is 4. The van der Waals surface area contributed by atoms with Gasteiger partial charge in [0.05, 0.1) is 23.5 Å². The van der Waals surface area contributed by atoms with E-state index in [2.05, 4.69) is 26.0 Å². The Balaban J connectivity index is 1.43. The monoisotopic (exact) mass is 453 g/mol. The van der Waals surface area contributed by atoms with Crippen molar-refractivity contribution in [1.82, 2.24) is 24.5 Å². The van der Waals surface area contributed by atoms with E-state index in [9.17, 15) is 10.1 Å². The number of rotatable bonds is 5. The molecule has 0 radical (unpaired) electrons. The molecular formula is C25H23N7O2. The number of hydrogen-bond acceptors (Lipinski definition) is 7. The van der Waals surface area contributed by atoms with Crippen molar-refractivity contribution in [3.8, 4) is 22.9 Å². The van der Waals surface area contributed by atoms with Gasteiger partial charge < -0.3 is 14.5 Å². The lowest BCUT2D eigenvalue weighted by atomic mass is 10.1. The maximum absolute atomic E-state index is 11.6. The number of ether oxygens (including phenoxy) is 1. The summed E-state index contributed by atoms with van der Waals surface area (Å²) in [5, 5.41) is 13.9. The number of carbonyl (C=O) groups is 1. The van der Waals surface area contributed by atoms with Gasteiger partial charge in [0.15, 0.2) is 0 Å². The number of anilines is 1. The summed E-state index contributed by atoms with van der Waals surface area (Å²) >= 11 is 0. The molecule has 9 nitrogen and oxygen atoms in total. The molecule has 0 aliphatic carbocycles. The quantitative estimate of drug-likeness (QED) is 0.458. The molecule has 0 unspecified atom stereocenters. The third kappa shape index (κ3) is 4.26. The van der Waals surface area contributed by atoms with Crippen molar-refractivity contribution in [2.45, 2.75) is 13.5 Å². The standard InChI is InChI=1S/C25H23N7O2/c1-18(33)30-7-9-31(10-8-30)24-5-4-20(14-28-24)23-11-22(34-17-19-3-2-6-27-13-19)16-32-25(23)21(12-26)15-29-32/h2-6,11,13-16H,7-10,17H2,1H3. The normalized spacial score (nSPS) is 13.6. The minimum absolute atomic E-state index is 0.103. The summed E-state index contributed by atoms with van der Waals surface area (Å²) in [5.74, 6) is 1.59. The molecule has 1 aliphatic heterocycles. The lowest BCUT2D eigenvalue weighted by molar-refractivity contribution is -0.129. The van der Waals surface area contributed by atoms with Crippen LogP contribution in [0.15, 0.2) is 61.3 Å². The number of amides is 1. The van der Waals surface area contributed by atoms with Crippen LogP contribution in [-0.4, -0.2) is 56.6 Å². The highest BCUT2D eigenvalue weighted by atomic mass is 16.5. The smallest absolute Gasteiger partial charge is 0.219 e. The number of nitrogens with zero attached hydrogens (tertiary/aromatic N) is 7. The minimum atomic E-state index is 0.103. The van der Waals surface area contributed by atoms with E-state index in [0.29, 0.717) is 36.5 Å². The number of nitriles is 1. The average Bonchev–Trinajstić information content (AvgIpc) is 3.31. The first-order valence-corrected chi connectivity index (χ1v) is 11.0. The molecule has 1 amide bonds. The first-order valence-electron chi connectivity index (χ1n) is 11.0. The van der Waals surface area contributed by atoms with Crippen molar-refractivity contribution >= 4 is 17.2 Å². The molecular weight excluding hydrogens is 430 g/mol. The summed E-state index contributed by atoms with van der Waals surface area (Å²) in [6, 6.07) is 11.9. The highest BCUT2D eigenvalue weighted by molar-refractivity contribution is 5.85. The van der Waals surface area contributed by atoms with Gasteiger partial charge in [0.1, 0.15) is 24.2 Å². The molecule has 34 heavy (non-hydrogen) atoms. The van der Waals surface area contributed by atoms with Gasteiger partial charge in [0.25, 0.3) is 0 Å². The van der Waals surface area contributed by atoms with E-state index in [0.717, 1.165) is 35.6 Å². The largest absolute Gasteiger partial charge is 0.487 e. The molecule has 0 N–H and O–H groups in total. The number of hydrogen-bond donors (Lipinski definition) is 0. The second kappa shape index (κ2) is 9.19. The summed E-state index contributed by atoms with van der Waals surface area (Å²) in [6.45, 7) is 4.84. The molecule has 1 fully saturated rings. The van der Waals surface area contributed by atoms with Crippen LogP contribution in [0.25, 0.3) is 16.6 Å². The number of pyridine rings is 3. The summed E-state index contributed by atoms with van der Waals surface area (Å²) < 4.78 is 7.68. The zero-order valence-corrected chi connectivity index (χ0v) is 18.8. The molecule has 0 saturated carbocycles. The summed E-state index contributed by atoms with van der Waals surface area (Å²) in [5.41, 5.74) is 3.83. The third-order valence-electron chi connectivity index (χ3n) is 5.94. The molecule has 0 spiro atoms. The van der Waals surface area contributed by atoms with Crippen molar-refractivity contribution < 1.29 is 9.53 Å². The van der Waals surface area contributed by atoms with E-state index in [4.69, 9.17) is 4.74 Å². The van der Waals surface area contributed by atoms with Gasteiger partial charge in [-0.15, -0.1) is 0 Å². The number of carbonyl (C=O) groups excluding carboxylic acids is 1. The molecule has 1 saturated heterocycles. The topological polar surface area (TPSA) is 99.6 Å². The molecule has 1 aliphatic rings. The van der Waals surface area contributed by atoms with Gasteiger partial charge >= 0.3 is 0 Å². The Hall–Kier alpha value is -4.45. The van der Waals surface area contributed by atoms with E-state index in [1.54, 1.807) is 42.4 Å². The molecule has 170 valence electrons.